The molecule has 2 aromatic rings. The minimum absolute atomic E-state index is 0.0229. The van der Waals surface area contributed by atoms with E-state index in [9.17, 15) is 4.79 Å². The number of amides is 1. The van der Waals surface area contributed by atoms with E-state index in [1.54, 1.807) is 12.1 Å². The number of hydrogen-bond acceptors (Lipinski definition) is 3. The van der Waals surface area contributed by atoms with E-state index in [4.69, 9.17) is 5.26 Å². The summed E-state index contributed by atoms with van der Waals surface area (Å²) in [5, 5.41) is 14.9. The van der Waals surface area contributed by atoms with Gasteiger partial charge in [0.05, 0.1) is 0 Å². The molecule has 0 saturated heterocycles. The van der Waals surface area contributed by atoms with E-state index in [1.165, 1.54) is 6.20 Å². The largest absolute Gasteiger partial charge is 0.360 e. The molecule has 0 radical (unpaired) electrons. The van der Waals surface area contributed by atoms with Gasteiger partial charge in [-0.2, -0.15) is 5.26 Å². The molecule has 1 amide bonds. The standard InChI is InChI=1S/C18H17N3O/c1-2-14-8-6-7-11-17(14)20-13-15(12-19)18(22)21-16-9-4-3-5-10-16/h3-11,13,20H,2H2,1H3,(H,21,22)/b15-13+. The maximum atomic E-state index is 12.1. The van der Waals surface area contributed by atoms with Gasteiger partial charge in [-0.15, -0.1) is 0 Å². The highest BCUT2D eigenvalue weighted by Crippen LogP contribution is 2.16. The van der Waals surface area contributed by atoms with Crippen LogP contribution in [-0.4, -0.2) is 5.91 Å². The Morgan fingerprint density at radius 3 is 2.50 bits per heavy atom. The summed E-state index contributed by atoms with van der Waals surface area (Å²) < 4.78 is 0. The molecule has 0 saturated carbocycles. The van der Waals surface area contributed by atoms with Crippen LogP contribution in [-0.2, 0) is 11.2 Å². The SMILES string of the molecule is CCc1ccccc1N/C=C(\C#N)C(=O)Nc1ccccc1. The lowest BCUT2D eigenvalue weighted by Crippen LogP contribution is -2.14. The van der Waals surface area contributed by atoms with Crippen LogP contribution in [0.2, 0.25) is 0 Å². The zero-order valence-electron chi connectivity index (χ0n) is 12.3. The minimum Gasteiger partial charge on any atom is -0.360 e. The Bertz CT molecular complexity index is 715. The number of carbonyl (C=O) groups is 1. The van der Waals surface area contributed by atoms with Crippen LogP contribution in [0.5, 0.6) is 0 Å². The molecule has 0 fully saturated rings. The molecule has 0 aliphatic heterocycles. The van der Waals surface area contributed by atoms with Crippen LogP contribution in [0.15, 0.2) is 66.4 Å². The van der Waals surface area contributed by atoms with Crippen LogP contribution in [0.3, 0.4) is 0 Å². The molecule has 0 spiro atoms. The minimum atomic E-state index is -0.435. The number of nitriles is 1. The molecule has 0 atom stereocenters. The van der Waals surface area contributed by atoms with Gasteiger partial charge in [-0.05, 0) is 30.2 Å². The maximum absolute atomic E-state index is 12.1. The summed E-state index contributed by atoms with van der Waals surface area (Å²) in [7, 11) is 0. The van der Waals surface area contributed by atoms with Gasteiger partial charge in [-0.1, -0.05) is 43.3 Å². The Morgan fingerprint density at radius 2 is 1.82 bits per heavy atom. The molecule has 2 rings (SSSR count). The lowest BCUT2D eigenvalue weighted by atomic mass is 10.1. The molecule has 0 bridgehead atoms. The summed E-state index contributed by atoms with van der Waals surface area (Å²) in [5.74, 6) is -0.435. The fourth-order valence-electron chi connectivity index (χ4n) is 1.99. The predicted octanol–water partition coefficient (Wildman–Crippen LogP) is 3.71. The lowest BCUT2D eigenvalue weighted by molar-refractivity contribution is -0.112. The fourth-order valence-corrected chi connectivity index (χ4v) is 1.99. The molecule has 0 aromatic heterocycles. The first-order valence-corrected chi connectivity index (χ1v) is 7.05. The van der Waals surface area contributed by atoms with Crippen molar-refractivity contribution >= 4 is 17.3 Å². The molecule has 2 aromatic carbocycles. The molecule has 110 valence electrons. The van der Waals surface area contributed by atoms with Gasteiger partial charge in [0.15, 0.2) is 0 Å². The van der Waals surface area contributed by atoms with Crippen molar-refractivity contribution in [3.05, 3.63) is 71.9 Å². The number of para-hydroxylation sites is 2. The third-order valence-corrected chi connectivity index (χ3v) is 3.17. The normalized spacial score (nSPS) is 10.6. The monoisotopic (exact) mass is 291 g/mol. The Kier molecular flexibility index (Phi) is 5.33. The molecule has 0 aliphatic rings. The van der Waals surface area contributed by atoms with Crippen molar-refractivity contribution in [1.82, 2.24) is 0 Å². The van der Waals surface area contributed by atoms with Crippen LogP contribution in [0.1, 0.15) is 12.5 Å². The van der Waals surface area contributed by atoms with Gasteiger partial charge in [-0.25, -0.2) is 0 Å². The van der Waals surface area contributed by atoms with E-state index in [0.717, 1.165) is 17.7 Å². The van der Waals surface area contributed by atoms with Crippen LogP contribution >= 0.6 is 0 Å². The van der Waals surface area contributed by atoms with E-state index in [-0.39, 0.29) is 5.57 Å². The summed E-state index contributed by atoms with van der Waals surface area (Å²) in [5.41, 5.74) is 2.70. The highest BCUT2D eigenvalue weighted by atomic mass is 16.1. The highest BCUT2D eigenvalue weighted by Gasteiger charge is 2.09. The summed E-state index contributed by atoms with van der Waals surface area (Å²) >= 11 is 0. The Balaban J connectivity index is 2.11. The third-order valence-electron chi connectivity index (χ3n) is 3.17. The van der Waals surface area contributed by atoms with Gasteiger partial charge in [-0.3, -0.25) is 4.79 Å². The summed E-state index contributed by atoms with van der Waals surface area (Å²) in [4.78, 5) is 12.1. The van der Waals surface area contributed by atoms with Crippen molar-refractivity contribution in [3.8, 4) is 6.07 Å². The van der Waals surface area contributed by atoms with Crippen molar-refractivity contribution in [1.29, 1.82) is 5.26 Å². The number of anilines is 2. The molecule has 4 nitrogen and oxygen atoms in total. The van der Waals surface area contributed by atoms with Gasteiger partial charge >= 0.3 is 0 Å². The van der Waals surface area contributed by atoms with Gasteiger partial charge in [0.2, 0.25) is 0 Å². The second-order valence-corrected chi connectivity index (χ2v) is 4.65. The number of rotatable bonds is 5. The van der Waals surface area contributed by atoms with E-state index in [0.29, 0.717) is 5.69 Å². The van der Waals surface area contributed by atoms with E-state index in [1.807, 2.05) is 48.5 Å². The molecule has 2 N–H and O–H groups in total. The quantitative estimate of drug-likeness (QED) is 0.652. The fraction of sp³-hybridized carbons (Fsp3) is 0.111. The van der Waals surface area contributed by atoms with Crippen LogP contribution in [0, 0.1) is 11.3 Å². The van der Waals surface area contributed by atoms with Gasteiger partial charge in [0.25, 0.3) is 5.91 Å². The molecular formula is C18H17N3O. The Hall–Kier alpha value is -3.06. The summed E-state index contributed by atoms with van der Waals surface area (Å²) in [6, 6.07) is 18.7. The van der Waals surface area contributed by atoms with Crippen LogP contribution in [0.25, 0.3) is 0 Å². The average molecular weight is 291 g/mol. The summed E-state index contributed by atoms with van der Waals surface area (Å²) in [6.07, 6.45) is 2.31. The summed E-state index contributed by atoms with van der Waals surface area (Å²) in [6.45, 7) is 2.05. The average Bonchev–Trinajstić information content (AvgIpc) is 2.56. The maximum Gasteiger partial charge on any atom is 0.267 e. The second kappa shape index (κ2) is 7.65. The lowest BCUT2D eigenvalue weighted by Gasteiger charge is -2.08. The smallest absolute Gasteiger partial charge is 0.267 e. The Morgan fingerprint density at radius 1 is 1.14 bits per heavy atom. The molecule has 4 heteroatoms. The van der Waals surface area contributed by atoms with Gasteiger partial charge in [0.1, 0.15) is 11.6 Å². The highest BCUT2D eigenvalue weighted by molar-refractivity contribution is 6.06. The zero-order chi connectivity index (χ0) is 15.8. The molecule has 0 unspecified atom stereocenters. The first kappa shape index (κ1) is 15.3. The molecule has 22 heavy (non-hydrogen) atoms. The Labute approximate surface area is 130 Å². The number of nitrogens with zero attached hydrogens (tertiary/aromatic N) is 1. The van der Waals surface area contributed by atoms with Crippen molar-refractivity contribution in [2.24, 2.45) is 0 Å². The molecule has 0 heterocycles. The van der Waals surface area contributed by atoms with Gasteiger partial charge in [0, 0.05) is 17.6 Å². The van der Waals surface area contributed by atoms with Crippen molar-refractivity contribution in [2.45, 2.75) is 13.3 Å². The zero-order valence-corrected chi connectivity index (χ0v) is 12.3. The molecular weight excluding hydrogens is 274 g/mol. The van der Waals surface area contributed by atoms with Crippen molar-refractivity contribution < 1.29 is 4.79 Å². The number of nitrogens with one attached hydrogen (secondary N) is 2. The van der Waals surface area contributed by atoms with E-state index < -0.39 is 5.91 Å². The molecule has 0 aliphatic carbocycles. The second-order valence-electron chi connectivity index (χ2n) is 4.65. The predicted molar refractivity (Wildman–Crippen MR) is 88.2 cm³/mol. The van der Waals surface area contributed by atoms with E-state index in [2.05, 4.69) is 17.6 Å². The van der Waals surface area contributed by atoms with E-state index >= 15 is 0 Å². The topological polar surface area (TPSA) is 64.9 Å². The van der Waals surface area contributed by atoms with Crippen molar-refractivity contribution in [3.63, 3.8) is 0 Å². The number of benzene rings is 2. The van der Waals surface area contributed by atoms with Crippen LogP contribution in [0.4, 0.5) is 11.4 Å². The number of carbonyl (C=O) groups excluding carboxylic acids is 1. The number of hydrogen-bond donors (Lipinski definition) is 2. The first-order valence-electron chi connectivity index (χ1n) is 7.05. The van der Waals surface area contributed by atoms with Gasteiger partial charge < -0.3 is 10.6 Å². The number of aryl methyl sites for hydroxylation is 1. The third kappa shape index (κ3) is 3.97. The first-order chi connectivity index (χ1) is 10.7. The van der Waals surface area contributed by atoms with Crippen LogP contribution < -0.4 is 10.6 Å². The van der Waals surface area contributed by atoms with Crippen molar-refractivity contribution in [2.75, 3.05) is 10.6 Å².